The van der Waals surface area contributed by atoms with Crippen LogP contribution >= 0.6 is 0 Å². The monoisotopic (exact) mass is 367 g/mol. The van der Waals surface area contributed by atoms with Gasteiger partial charge in [0.25, 0.3) is 0 Å². The van der Waals surface area contributed by atoms with E-state index < -0.39 is 18.1 Å². The molecule has 0 spiro atoms. The summed E-state index contributed by atoms with van der Waals surface area (Å²) >= 11 is 0. The molecule has 0 unspecified atom stereocenters. The van der Waals surface area contributed by atoms with E-state index in [1.807, 2.05) is 0 Å². The number of aliphatic hydroxyl groups excluding tert-OH is 1. The van der Waals surface area contributed by atoms with Gasteiger partial charge in [0.1, 0.15) is 0 Å². The summed E-state index contributed by atoms with van der Waals surface area (Å²) in [5, 5.41) is 22.3. The Balaban J connectivity index is 0. The van der Waals surface area contributed by atoms with Gasteiger partial charge in [-0.15, -0.1) is 0 Å². The summed E-state index contributed by atoms with van der Waals surface area (Å²) in [4.78, 5) is 22.4. The maximum absolute atomic E-state index is 11.6. The van der Waals surface area contributed by atoms with Crippen molar-refractivity contribution in [1.29, 1.82) is 0 Å². The van der Waals surface area contributed by atoms with Gasteiger partial charge in [-0.05, 0) is 13.3 Å². The Morgan fingerprint density at radius 3 is 1.71 bits per heavy atom. The van der Waals surface area contributed by atoms with Crippen LogP contribution in [0.2, 0.25) is 0 Å². The third-order valence-electron chi connectivity index (χ3n) is 4.06. The minimum atomic E-state index is -1.45. The number of carboxylic acid groups (broad SMARTS) is 1. The SMILES string of the molecule is CCCCCCCCCCCCCC(=O)N[C@H](C(=O)[O-])[C@@H](C)O.[K+]. The number of carbonyl (C=O) groups is 2. The van der Waals surface area contributed by atoms with Gasteiger partial charge in [0.2, 0.25) is 5.91 Å². The number of amides is 1. The molecule has 0 heterocycles. The summed E-state index contributed by atoms with van der Waals surface area (Å²) in [6.07, 6.45) is 12.4. The molecule has 0 aromatic heterocycles. The minimum Gasteiger partial charge on any atom is -0.548 e. The maximum Gasteiger partial charge on any atom is 1.00 e. The second kappa shape index (κ2) is 18.3. The Bertz CT molecular complexity index is 324. The normalized spacial score (nSPS) is 13.0. The van der Waals surface area contributed by atoms with E-state index in [2.05, 4.69) is 12.2 Å². The quantitative estimate of drug-likeness (QED) is 0.296. The standard InChI is InChI=1S/C18H35NO4.K/c1-3-4-5-6-7-8-9-10-11-12-13-14-16(21)19-17(15(2)20)18(22)23;/h15,17,20H,3-14H2,1-2H3,(H,19,21)(H,22,23);/q;+1/p-1/t15-,17+;/m1./s1. The smallest absolute Gasteiger partial charge is 0.548 e. The van der Waals surface area contributed by atoms with Gasteiger partial charge in [-0.1, -0.05) is 71.1 Å². The van der Waals surface area contributed by atoms with Gasteiger partial charge >= 0.3 is 51.4 Å². The van der Waals surface area contributed by atoms with Crippen molar-refractivity contribution in [3.05, 3.63) is 0 Å². The van der Waals surface area contributed by atoms with E-state index in [1.54, 1.807) is 0 Å². The van der Waals surface area contributed by atoms with Crippen LogP contribution in [-0.2, 0) is 9.59 Å². The number of nitrogens with one attached hydrogen (secondary N) is 1. The predicted molar refractivity (Wildman–Crippen MR) is 89.7 cm³/mol. The van der Waals surface area contributed by atoms with Gasteiger partial charge in [-0.25, -0.2) is 0 Å². The van der Waals surface area contributed by atoms with Crippen LogP contribution in [0.3, 0.4) is 0 Å². The summed E-state index contributed by atoms with van der Waals surface area (Å²) in [5.41, 5.74) is 0. The van der Waals surface area contributed by atoms with Crippen LogP contribution in [0.5, 0.6) is 0 Å². The molecule has 0 aliphatic heterocycles. The van der Waals surface area contributed by atoms with E-state index in [-0.39, 0.29) is 57.3 Å². The number of unbranched alkanes of at least 4 members (excludes halogenated alkanes) is 10. The van der Waals surface area contributed by atoms with Gasteiger partial charge in [-0.2, -0.15) is 0 Å². The molecule has 0 aliphatic rings. The molecule has 0 aliphatic carbocycles. The summed E-state index contributed by atoms with van der Waals surface area (Å²) in [6.45, 7) is 3.55. The van der Waals surface area contributed by atoms with Crippen LogP contribution in [0.4, 0.5) is 0 Å². The molecule has 2 atom stereocenters. The maximum atomic E-state index is 11.6. The van der Waals surface area contributed by atoms with Crippen molar-refractivity contribution >= 4 is 11.9 Å². The van der Waals surface area contributed by atoms with Crippen molar-refractivity contribution in [2.75, 3.05) is 0 Å². The van der Waals surface area contributed by atoms with Crippen molar-refractivity contribution < 1.29 is 71.2 Å². The zero-order chi connectivity index (χ0) is 17.5. The number of aliphatic hydroxyl groups is 1. The minimum absolute atomic E-state index is 0. The van der Waals surface area contributed by atoms with Gasteiger partial charge in [-0.3, -0.25) is 4.79 Å². The second-order valence-electron chi connectivity index (χ2n) is 6.39. The molecule has 0 rings (SSSR count). The third-order valence-corrected chi connectivity index (χ3v) is 4.06. The van der Waals surface area contributed by atoms with E-state index in [0.29, 0.717) is 6.42 Å². The average molecular weight is 368 g/mol. The third kappa shape index (κ3) is 16.0. The van der Waals surface area contributed by atoms with E-state index in [4.69, 9.17) is 0 Å². The number of carboxylic acids is 1. The number of hydrogen-bond donors (Lipinski definition) is 2. The first-order valence-electron chi connectivity index (χ1n) is 9.17. The Morgan fingerprint density at radius 2 is 1.33 bits per heavy atom. The second-order valence-corrected chi connectivity index (χ2v) is 6.39. The first kappa shape index (κ1) is 26.8. The molecule has 0 saturated carbocycles. The molecule has 0 bridgehead atoms. The molecule has 2 N–H and O–H groups in total. The largest absolute Gasteiger partial charge is 1.00 e. The van der Waals surface area contributed by atoms with Gasteiger partial charge in [0.05, 0.1) is 18.1 Å². The molecular formula is C18H34KNO4. The Hall–Kier alpha value is 0.536. The van der Waals surface area contributed by atoms with Crippen LogP contribution in [0.1, 0.15) is 90.9 Å². The molecule has 24 heavy (non-hydrogen) atoms. The van der Waals surface area contributed by atoms with Crippen LogP contribution in [-0.4, -0.2) is 29.1 Å². The molecule has 1 amide bonds. The van der Waals surface area contributed by atoms with Gasteiger partial charge in [0.15, 0.2) is 0 Å². The first-order chi connectivity index (χ1) is 11.0. The average Bonchev–Trinajstić information content (AvgIpc) is 2.49. The summed E-state index contributed by atoms with van der Waals surface area (Å²) in [6, 6.07) is -1.32. The molecule has 136 valence electrons. The van der Waals surface area contributed by atoms with Crippen molar-refractivity contribution in [2.24, 2.45) is 0 Å². The molecule has 0 fully saturated rings. The van der Waals surface area contributed by atoms with Crippen molar-refractivity contribution in [3.63, 3.8) is 0 Å². The van der Waals surface area contributed by atoms with Crippen LogP contribution in [0.15, 0.2) is 0 Å². The number of rotatable bonds is 15. The molecular weight excluding hydrogens is 333 g/mol. The summed E-state index contributed by atoms with van der Waals surface area (Å²) in [7, 11) is 0. The molecule has 5 nitrogen and oxygen atoms in total. The molecule has 0 radical (unpaired) electrons. The molecule has 6 heteroatoms. The van der Waals surface area contributed by atoms with E-state index in [1.165, 1.54) is 58.3 Å². The zero-order valence-corrected chi connectivity index (χ0v) is 18.9. The number of carbonyl (C=O) groups excluding carboxylic acids is 2. The van der Waals surface area contributed by atoms with Crippen molar-refractivity contribution in [2.45, 2.75) is 103 Å². The van der Waals surface area contributed by atoms with Crippen molar-refractivity contribution in [1.82, 2.24) is 5.32 Å². The van der Waals surface area contributed by atoms with Crippen LogP contribution < -0.4 is 61.8 Å². The molecule has 0 saturated heterocycles. The van der Waals surface area contributed by atoms with Gasteiger partial charge in [0, 0.05) is 6.42 Å². The molecule has 0 aromatic rings. The first-order valence-corrected chi connectivity index (χ1v) is 9.17. The van der Waals surface area contributed by atoms with Crippen molar-refractivity contribution in [3.8, 4) is 0 Å². The van der Waals surface area contributed by atoms with Gasteiger partial charge < -0.3 is 20.3 Å². The van der Waals surface area contributed by atoms with E-state index in [9.17, 15) is 19.8 Å². The number of aliphatic carboxylic acids is 1. The van der Waals surface area contributed by atoms with E-state index in [0.717, 1.165) is 19.3 Å². The van der Waals surface area contributed by atoms with E-state index >= 15 is 0 Å². The molecule has 0 aromatic carbocycles. The Labute approximate surface area is 189 Å². The summed E-state index contributed by atoms with van der Waals surface area (Å²) < 4.78 is 0. The van der Waals surface area contributed by atoms with Crippen LogP contribution in [0.25, 0.3) is 0 Å². The Kier molecular flexibility index (Phi) is 20.4. The Morgan fingerprint density at radius 1 is 0.917 bits per heavy atom. The fourth-order valence-corrected chi connectivity index (χ4v) is 2.57. The van der Waals surface area contributed by atoms with Crippen LogP contribution in [0, 0.1) is 0 Å². The predicted octanol–water partition coefficient (Wildman–Crippen LogP) is -0.693. The fraction of sp³-hybridized carbons (Fsp3) is 0.889. The zero-order valence-electron chi connectivity index (χ0n) is 15.8. The number of hydrogen-bond acceptors (Lipinski definition) is 4. The fourth-order valence-electron chi connectivity index (χ4n) is 2.57. The topological polar surface area (TPSA) is 89.5 Å². The summed E-state index contributed by atoms with van der Waals surface area (Å²) in [5.74, 6) is -1.79.